The van der Waals surface area contributed by atoms with E-state index in [0.717, 1.165) is 5.56 Å². The maximum atomic E-state index is 12.9. The first kappa shape index (κ1) is 11.2. The summed E-state index contributed by atoms with van der Waals surface area (Å²) in [6.07, 6.45) is 4.29. The maximum Gasteiger partial charge on any atom is 0.250 e. The van der Waals surface area contributed by atoms with Crippen molar-refractivity contribution >= 4 is 5.91 Å². The Morgan fingerprint density at radius 3 is 2.72 bits per heavy atom. The van der Waals surface area contributed by atoms with Crippen LogP contribution in [-0.2, 0) is 4.79 Å². The summed E-state index contributed by atoms with van der Waals surface area (Å²) in [5.41, 5.74) is 4.25. The third-order valence-corrected chi connectivity index (χ3v) is 3.46. The van der Waals surface area contributed by atoms with Gasteiger partial charge in [-0.15, -0.1) is 0 Å². The number of benzene rings is 1. The number of hydrazine groups is 1. The molecule has 4 nitrogen and oxygen atoms in total. The van der Waals surface area contributed by atoms with E-state index in [0.29, 0.717) is 6.42 Å². The molecule has 1 aromatic carbocycles. The number of amides is 1. The molecule has 0 spiro atoms. The molecule has 94 valence electrons. The van der Waals surface area contributed by atoms with E-state index in [1.807, 2.05) is 11.2 Å². The predicted molar refractivity (Wildman–Crippen MR) is 64.4 cm³/mol. The lowest BCUT2D eigenvalue weighted by Gasteiger charge is -2.29. The molecule has 1 aromatic rings. The van der Waals surface area contributed by atoms with Gasteiger partial charge in [0.1, 0.15) is 11.9 Å². The molecule has 1 saturated heterocycles. The van der Waals surface area contributed by atoms with Crippen LogP contribution in [0.1, 0.15) is 18.0 Å². The van der Waals surface area contributed by atoms with E-state index in [2.05, 4.69) is 5.43 Å². The number of nitrogens with one attached hydrogen (secondary N) is 1. The zero-order chi connectivity index (χ0) is 12.7. The van der Waals surface area contributed by atoms with Crippen molar-refractivity contribution in [3.8, 4) is 0 Å². The second-order valence-electron chi connectivity index (χ2n) is 4.64. The average Bonchev–Trinajstić information content (AvgIpc) is 2.80. The van der Waals surface area contributed by atoms with Crippen molar-refractivity contribution in [1.29, 1.82) is 0 Å². The quantitative estimate of drug-likeness (QED) is 0.814. The van der Waals surface area contributed by atoms with E-state index in [9.17, 15) is 9.18 Å². The Morgan fingerprint density at radius 1 is 1.28 bits per heavy atom. The monoisotopic (exact) mass is 247 g/mol. The van der Waals surface area contributed by atoms with Crippen molar-refractivity contribution in [2.75, 3.05) is 7.05 Å². The van der Waals surface area contributed by atoms with E-state index < -0.39 is 0 Å². The summed E-state index contributed by atoms with van der Waals surface area (Å²) in [7, 11) is 1.75. The van der Waals surface area contributed by atoms with Crippen LogP contribution < -0.4 is 5.43 Å². The second-order valence-corrected chi connectivity index (χ2v) is 4.64. The molecule has 1 N–H and O–H groups in total. The summed E-state index contributed by atoms with van der Waals surface area (Å²) in [5.74, 6) is -0.167. The van der Waals surface area contributed by atoms with Crippen LogP contribution >= 0.6 is 0 Å². The molecular formula is C13H14FN3O. The van der Waals surface area contributed by atoms with Crippen LogP contribution in [0.4, 0.5) is 4.39 Å². The lowest BCUT2D eigenvalue weighted by atomic mass is 10.0. The normalized spacial score (nSPS) is 26.7. The molecule has 0 aliphatic carbocycles. The summed E-state index contributed by atoms with van der Waals surface area (Å²) in [6.45, 7) is 0. The molecule has 2 heterocycles. The highest BCUT2D eigenvalue weighted by molar-refractivity contribution is 5.84. The summed E-state index contributed by atoms with van der Waals surface area (Å²) >= 11 is 0. The Balaban J connectivity index is 1.82. The zero-order valence-electron chi connectivity index (χ0n) is 10.0. The molecule has 1 amide bonds. The topological polar surface area (TPSA) is 35.6 Å². The minimum atomic E-state index is -0.245. The zero-order valence-corrected chi connectivity index (χ0v) is 10.0. The number of carbonyl (C=O) groups is 1. The Kier molecular flexibility index (Phi) is 2.56. The van der Waals surface area contributed by atoms with Crippen LogP contribution in [0, 0.1) is 5.82 Å². The van der Waals surface area contributed by atoms with Crippen molar-refractivity contribution < 1.29 is 9.18 Å². The molecule has 1 fully saturated rings. The van der Waals surface area contributed by atoms with Crippen molar-refractivity contribution in [2.24, 2.45) is 0 Å². The summed E-state index contributed by atoms with van der Waals surface area (Å²) in [4.78, 5) is 13.6. The van der Waals surface area contributed by atoms with Crippen LogP contribution in [0.3, 0.4) is 0 Å². The van der Waals surface area contributed by atoms with E-state index in [1.54, 1.807) is 30.3 Å². The summed E-state index contributed by atoms with van der Waals surface area (Å²) < 4.78 is 12.9. The smallest absolute Gasteiger partial charge is 0.250 e. The summed E-state index contributed by atoms with van der Waals surface area (Å²) in [5, 5.41) is 1.83. The standard InChI is InChI=1S/C13H14FN3O/c1-16-6-7-17-12(13(16)18)8-11(15-17)9-2-4-10(14)5-3-9/h2-7,11-12,15H,8H2,1H3. The Labute approximate surface area is 105 Å². The number of hydrogen-bond acceptors (Lipinski definition) is 3. The average molecular weight is 247 g/mol. The third-order valence-electron chi connectivity index (χ3n) is 3.46. The van der Waals surface area contributed by atoms with Gasteiger partial charge in [0.2, 0.25) is 0 Å². The van der Waals surface area contributed by atoms with Gasteiger partial charge in [0.25, 0.3) is 5.91 Å². The number of carbonyl (C=O) groups excluding carboxylic acids is 1. The highest BCUT2D eigenvalue weighted by atomic mass is 19.1. The molecule has 0 saturated carbocycles. The first-order valence-electron chi connectivity index (χ1n) is 5.90. The van der Waals surface area contributed by atoms with Gasteiger partial charge in [0, 0.05) is 19.4 Å². The second kappa shape index (κ2) is 4.10. The number of likely N-dealkylation sites (N-methyl/N-ethyl adjacent to an activating group) is 1. The third kappa shape index (κ3) is 1.76. The van der Waals surface area contributed by atoms with Gasteiger partial charge in [0.15, 0.2) is 0 Å². The highest BCUT2D eigenvalue weighted by Crippen LogP contribution is 2.30. The van der Waals surface area contributed by atoms with Gasteiger partial charge in [0.05, 0.1) is 6.04 Å². The molecule has 18 heavy (non-hydrogen) atoms. The molecule has 2 aliphatic rings. The van der Waals surface area contributed by atoms with E-state index in [-0.39, 0.29) is 23.8 Å². The number of rotatable bonds is 1. The highest BCUT2D eigenvalue weighted by Gasteiger charge is 2.38. The van der Waals surface area contributed by atoms with Gasteiger partial charge in [-0.1, -0.05) is 12.1 Å². The van der Waals surface area contributed by atoms with E-state index in [4.69, 9.17) is 0 Å². The Bertz CT molecular complexity index is 499. The van der Waals surface area contributed by atoms with Crippen molar-refractivity contribution in [3.63, 3.8) is 0 Å². The molecule has 2 aliphatic heterocycles. The largest absolute Gasteiger partial charge is 0.319 e. The van der Waals surface area contributed by atoms with Gasteiger partial charge in [-0.05, 0) is 24.1 Å². The fraction of sp³-hybridized carbons (Fsp3) is 0.308. The molecule has 3 rings (SSSR count). The molecule has 0 radical (unpaired) electrons. The molecule has 0 aromatic heterocycles. The van der Waals surface area contributed by atoms with Gasteiger partial charge in [-0.25, -0.2) is 9.82 Å². The first-order valence-corrected chi connectivity index (χ1v) is 5.90. The summed E-state index contributed by atoms with van der Waals surface area (Å²) in [6, 6.07) is 6.27. The minimum Gasteiger partial charge on any atom is -0.319 e. The Morgan fingerprint density at radius 2 is 2.00 bits per heavy atom. The predicted octanol–water partition coefficient (Wildman–Crippen LogP) is 1.39. The van der Waals surface area contributed by atoms with Crippen LogP contribution in [-0.4, -0.2) is 28.9 Å². The lowest BCUT2D eigenvalue weighted by Crippen LogP contribution is -2.46. The van der Waals surface area contributed by atoms with Crippen LogP contribution in [0.25, 0.3) is 0 Å². The van der Waals surface area contributed by atoms with Gasteiger partial charge < -0.3 is 9.91 Å². The SMILES string of the molecule is CN1C=CN2NC(c3ccc(F)cc3)CC2C1=O. The molecule has 2 unspecified atom stereocenters. The lowest BCUT2D eigenvalue weighted by molar-refractivity contribution is -0.133. The number of fused-ring (bicyclic) bond motifs is 1. The molecule has 2 atom stereocenters. The molecular weight excluding hydrogens is 233 g/mol. The van der Waals surface area contributed by atoms with Gasteiger partial charge >= 0.3 is 0 Å². The van der Waals surface area contributed by atoms with E-state index in [1.165, 1.54) is 12.1 Å². The van der Waals surface area contributed by atoms with Crippen LogP contribution in [0.2, 0.25) is 0 Å². The number of nitrogens with zero attached hydrogens (tertiary/aromatic N) is 2. The Hall–Kier alpha value is -1.88. The first-order chi connectivity index (χ1) is 8.65. The van der Waals surface area contributed by atoms with E-state index >= 15 is 0 Å². The minimum absolute atomic E-state index is 0.0516. The molecule has 5 heteroatoms. The fourth-order valence-corrected chi connectivity index (χ4v) is 2.41. The van der Waals surface area contributed by atoms with Gasteiger partial charge in [-0.2, -0.15) is 0 Å². The van der Waals surface area contributed by atoms with Crippen LogP contribution in [0.15, 0.2) is 36.7 Å². The van der Waals surface area contributed by atoms with Crippen molar-refractivity contribution in [1.82, 2.24) is 15.3 Å². The van der Waals surface area contributed by atoms with Crippen molar-refractivity contribution in [2.45, 2.75) is 18.5 Å². The van der Waals surface area contributed by atoms with Crippen molar-refractivity contribution in [3.05, 3.63) is 48.0 Å². The van der Waals surface area contributed by atoms with Crippen LogP contribution in [0.5, 0.6) is 0 Å². The van der Waals surface area contributed by atoms with Gasteiger partial charge in [-0.3, -0.25) is 4.79 Å². The maximum absolute atomic E-state index is 12.9. The fourth-order valence-electron chi connectivity index (χ4n) is 2.41. The number of hydrogen-bond donors (Lipinski definition) is 1. The number of halogens is 1. The molecule has 0 bridgehead atoms.